The largest absolute Gasteiger partial charge is 0.423 e. The molecule has 1 N–H and O–H groups in total. The molecule has 0 radical (unpaired) electrons. The molecule has 0 unspecified atom stereocenters. The van der Waals surface area contributed by atoms with Gasteiger partial charge in [0.1, 0.15) is 11.6 Å². The zero-order valence-corrected chi connectivity index (χ0v) is 15.3. The van der Waals surface area contributed by atoms with Gasteiger partial charge in [-0.1, -0.05) is 12.1 Å². The Morgan fingerprint density at radius 2 is 1.67 bits per heavy atom. The number of benzene rings is 3. The summed E-state index contributed by atoms with van der Waals surface area (Å²) in [5.41, 5.74) is 3.13. The van der Waals surface area contributed by atoms with Crippen LogP contribution in [0.1, 0.15) is 26.3 Å². The molecule has 9 heteroatoms. The van der Waals surface area contributed by atoms with Gasteiger partial charge in [-0.05, 0) is 54.1 Å². The first kappa shape index (κ1) is 20.3. The molecule has 0 spiro atoms. The summed E-state index contributed by atoms with van der Waals surface area (Å²) in [4.78, 5) is 34.2. The van der Waals surface area contributed by atoms with Gasteiger partial charge in [0.15, 0.2) is 0 Å². The Bertz CT molecular complexity index is 1110. The molecule has 0 aliphatic rings. The van der Waals surface area contributed by atoms with Gasteiger partial charge < -0.3 is 4.74 Å². The molecule has 0 bridgehead atoms. The second-order valence-corrected chi connectivity index (χ2v) is 5.97. The monoisotopic (exact) mass is 407 g/mol. The van der Waals surface area contributed by atoms with Crippen molar-refractivity contribution in [1.29, 1.82) is 0 Å². The van der Waals surface area contributed by atoms with Gasteiger partial charge in [-0.25, -0.2) is 14.6 Å². The number of hydrazone groups is 1. The van der Waals surface area contributed by atoms with E-state index in [4.69, 9.17) is 4.74 Å². The van der Waals surface area contributed by atoms with Crippen molar-refractivity contribution in [2.24, 2.45) is 5.10 Å². The molecule has 150 valence electrons. The number of hydrogen-bond acceptors (Lipinski definition) is 6. The van der Waals surface area contributed by atoms with Crippen molar-refractivity contribution in [1.82, 2.24) is 5.43 Å². The number of carbonyl (C=O) groups excluding carboxylic acids is 2. The topological polar surface area (TPSA) is 111 Å². The predicted octanol–water partition coefficient (Wildman–Crippen LogP) is 3.72. The van der Waals surface area contributed by atoms with Crippen LogP contribution in [0.4, 0.5) is 10.1 Å². The minimum Gasteiger partial charge on any atom is -0.423 e. The molecular weight excluding hydrogens is 393 g/mol. The van der Waals surface area contributed by atoms with Crippen molar-refractivity contribution in [3.63, 3.8) is 0 Å². The number of rotatable bonds is 6. The van der Waals surface area contributed by atoms with Crippen molar-refractivity contribution < 1.29 is 23.6 Å². The van der Waals surface area contributed by atoms with Gasteiger partial charge in [0.05, 0.1) is 16.7 Å². The van der Waals surface area contributed by atoms with Crippen molar-refractivity contribution in [3.8, 4) is 5.75 Å². The standard InChI is InChI=1S/C21H14FN3O5/c22-17-8-4-15(5-9-17)20(26)24-23-13-14-2-1-3-19(12-14)30-21(27)16-6-10-18(11-7-16)25(28)29/h1-13H,(H,24,26). The molecule has 1 amide bonds. The SMILES string of the molecule is O=C(NN=Cc1cccc(OC(=O)c2ccc([N+](=O)[O-])cc2)c1)c1ccc(F)cc1. The Balaban J connectivity index is 1.61. The number of nitrogens with one attached hydrogen (secondary N) is 1. The van der Waals surface area contributed by atoms with E-state index in [1.807, 2.05) is 0 Å². The maximum absolute atomic E-state index is 12.9. The summed E-state index contributed by atoms with van der Waals surface area (Å²) in [6, 6.07) is 16.4. The molecular formula is C21H14FN3O5. The summed E-state index contributed by atoms with van der Waals surface area (Å²) >= 11 is 0. The summed E-state index contributed by atoms with van der Waals surface area (Å²) in [6.45, 7) is 0. The van der Waals surface area contributed by atoms with E-state index in [0.29, 0.717) is 5.56 Å². The summed E-state index contributed by atoms with van der Waals surface area (Å²) in [7, 11) is 0. The number of non-ortho nitro benzene ring substituents is 1. The van der Waals surface area contributed by atoms with E-state index in [1.54, 1.807) is 18.2 Å². The van der Waals surface area contributed by atoms with Crippen LogP contribution in [0.5, 0.6) is 5.75 Å². The van der Waals surface area contributed by atoms with E-state index >= 15 is 0 Å². The minimum absolute atomic E-state index is 0.132. The molecule has 0 aliphatic carbocycles. The highest BCUT2D eigenvalue weighted by Crippen LogP contribution is 2.16. The van der Waals surface area contributed by atoms with Crippen molar-refractivity contribution in [2.45, 2.75) is 0 Å². The van der Waals surface area contributed by atoms with Crippen LogP contribution in [0.2, 0.25) is 0 Å². The van der Waals surface area contributed by atoms with Crippen LogP contribution in [0, 0.1) is 15.9 Å². The van der Waals surface area contributed by atoms with Gasteiger partial charge in [0.2, 0.25) is 0 Å². The molecule has 0 atom stereocenters. The number of esters is 1. The molecule has 3 aromatic rings. The third kappa shape index (κ3) is 5.32. The van der Waals surface area contributed by atoms with Crippen LogP contribution in [-0.4, -0.2) is 23.0 Å². The number of ether oxygens (including phenoxy) is 1. The molecule has 0 saturated carbocycles. The summed E-state index contributed by atoms with van der Waals surface area (Å²) in [5, 5.41) is 14.5. The highest BCUT2D eigenvalue weighted by atomic mass is 19.1. The average molecular weight is 407 g/mol. The lowest BCUT2D eigenvalue weighted by Gasteiger charge is -2.05. The third-order valence-electron chi connectivity index (χ3n) is 3.87. The van der Waals surface area contributed by atoms with Gasteiger partial charge in [0.25, 0.3) is 11.6 Å². The van der Waals surface area contributed by atoms with Gasteiger partial charge in [0, 0.05) is 17.7 Å². The maximum Gasteiger partial charge on any atom is 0.343 e. The average Bonchev–Trinajstić information content (AvgIpc) is 2.74. The predicted molar refractivity (Wildman–Crippen MR) is 106 cm³/mol. The van der Waals surface area contributed by atoms with Crippen molar-refractivity contribution >= 4 is 23.8 Å². The second-order valence-electron chi connectivity index (χ2n) is 5.97. The lowest BCUT2D eigenvalue weighted by Crippen LogP contribution is -2.17. The van der Waals surface area contributed by atoms with Crippen LogP contribution < -0.4 is 10.2 Å². The number of hydrogen-bond donors (Lipinski definition) is 1. The van der Waals surface area contributed by atoms with Crippen molar-refractivity contribution in [2.75, 3.05) is 0 Å². The van der Waals surface area contributed by atoms with E-state index in [1.165, 1.54) is 60.8 Å². The fraction of sp³-hybridized carbons (Fsp3) is 0. The maximum atomic E-state index is 12.9. The zero-order chi connectivity index (χ0) is 21.5. The molecule has 8 nitrogen and oxygen atoms in total. The summed E-state index contributed by atoms with van der Waals surface area (Å²) in [6.07, 6.45) is 1.35. The molecule has 0 saturated heterocycles. The fourth-order valence-corrected chi connectivity index (χ4v) is 2.37. The Morgan fingerprint density at radius 1 is 1.00 bits per heavy atom. The Labute approximate surface area is 169 Å². The van der Waals surface area contributed by atoms with Crippen molar-refractivity contribution in [3.05, 3.63) is 105 Å². The summed E-state index contributed by atoms with van der Waals surface area (Å²) < 4.78 is 18.1. The lowest BCUT2D eigenvalue weighted by molar-refractivity contribution is -0.384. The van der Waals surface area contributed by atoms with Gasteiger partial charge in [-0.15, -0.1) is 0 Å². The Morgan fingerprint density at radius 3 is 2.33 bits per heavy atom. The Kier molecular flexibility index (Phi) is 6.23. The first-order valence-corrected chi connectivity index (χ1v) is 8.58. The zero-order valence-electron chi connectivity index (χ0n) is 15.3. The number of nitro benzene ring substituents is 1. The third-order valence-corrected chi connectivity index (χ3v) is 3.87. The van der Waals surface area contributed by atoms with Crippen LogP contribution in [0.3, 0.4) is 0 Å². The molecule has 0 aromatic heterocycles. The summed E-state index contributed by atoms with van der Waals surface area (Å²) in [5.74, 6) is -1.40. The van der Waals surface area contributed by atoms with E-state index < -0.39 is 22.6 Å². The van der Waals surface area contributed by atoms with Gasteiger partial charge >= 0.3 is 5.97 Å². The van der Waals surface area contributed by atoms with Crippen LogP contribution in [0.15, 0.2) is 77.9 Å². The van der Waals surface area contributed by atoms with Gasteiger partial charge in [-0.2, -0.15) is 5.10 Å². The van der Waals surface area contributed by atoms with E-state index in [-0.39, 0.29) is 22.6 Å². The molecule has 3 rings (SSSR count). The van der Waals surface area contributed by atoms with Crippen LogP contribution in [0.25, 0.3) is 0 Å². The quantitative estimate of drug-likeness (QED) is 0.220. The highest BCUT2D eigenvalue weighted by Gasteiger charge is 2.11. The van der Waals surface area contributed by atoms with Crippen LogP contribution in [-0.2, 0) is 0 Å². The minimum atomic E-state index is -0.677. The van der Waals surface area contributed by atoms with E-state index in [9.17, 15) is 24.1 Å². The number of nitrogens with zero attached hydrogens (tertiary/aromatic N) is 2. The fourth-order valence-electron chi connectivity index (χ4n) is 2.37. The first-order chi connectivity index (χ1) is 14.4. The number of halogens is 1. The molecule has 30 heavy (non-hydrogen) atoms. The number of amides is 1. The molecule has 0 heterocycles. The number of carbonyl (C=O) groups is 2. The highest BCUT2D eigenvalue weighted by molar-refractivity contribution is 5.95. The Hall–Kier alpha value is -4.40. The first-order valence-electron chi connectivity index (χ1n) is 8.58. The van der Waals surface area contributed by atoms with E-state index in [0.717, 1.165) is 0 Å². The molecule has 3 aromatic carbocycles. The lowest BCUT2D eigenvalue weighted by atomic mass is 10.2. The second kappa shape index (κ2) is 9.20. The normalized spacial score (nSPS) is 10.6. The van der Waals surface area contributed by atoms with E-state index in [2.05, 4.69) is 10.5 Å². The smallest absolute Gasteiger partial charge is 0.343 e. The van der Waals surface area contributed by atoms with Gasteiger partial charge in [-0.3, -0.25) is 14.9 Å². The molecule has 0 fully saturated rings. The number of nitro groups is 1. The molecule has 0 aliphatic heterocycles. The van der Waals surface area contributed by atoms with Crippen LogP contribution >= 0.6 is 0 Å².